The van der Waals surface area contributed by atoms with Crippen molar-refractivity contribution in [1.29, 1.82) is 0 Å². The highest BCUT2D eigenvalue weighted by atomic mass is 32.2. The molecule has 0 aliphatic carbocycles. The molecule has 0 aromatic carbocycles. The molecule has 0 bridgehead atoms. The second-order valence-electron chi connectivity index (χ2n) is 5.60. The van der Waals surface area contributed by atoms with Crippen molar-refractivity contribution in [3.8, 4) is 11.5 Å². The Bertz CT molecular complexity index is 1090. The van der Waals surface area contributed by atoms with Crippen LogP contribution in [0.3, 0.4) is 0 Å². The van der Waals surface area contributed by atoms with Crippen LogP contribution in [-0.2, 0) is 31.1 Å². The van der Waals surface area contributed by atoms with E-state index in [1.54, 1.807) is 19.1 Å². The summed E-state index contributed by atoms with van der Waals surface area (Å²) in [5.41, 5.74) is -1.68. The second-order valence-corrected chi connectivity index (χ2v) is 7.31. The summed E-state index contributed by atoms with van der Waals surface area (Å²) in [6, 6.07) is 4.08. The summed E-state index contributed by atoms with van der Waals surface area (Å²) >= 11 is 0. The van der Waals surface area contributed by atoms with Gasteiger partial charge in [-0.05, 0) is 18.2 Å². The third-order valence-electron chi connectivity index (χ3n) is 4.04. The van der Waals surface area contributed by atoms with E-state index >= 15 is 0 Å². The first-order valence-electron chi connectivity index (χ1n) is 7.64. The van der Waals surface area contributed by atoms with Crippen molar-refractivity contribution < 1.29 is 17.4 Å². The van der Waals surface area contributed by atoms with Crippen LogP contribution in [0.25, 0.3) is 22.6 Å². The van der Waals surface area contributed by atoms with Gasteiger partial charge in [-0.2, -0.15) is 13.2 Å². The molecule has 3 heterocycles. The van der Waals surface area contributed by atoms with Crippen LogP contribution in [0.4, 0.5) is 13.2 Å². The third kappa shape index (κ3) is 2.83. The van der Waals surface area contributed by atoms with Crippen LogP contribution in [-0.4, -0.2) is 29.1 Å². The van der Waals surface area contributed by atoms with E-state index in [-0.39, 0.29) is 22.6 Å². The molecule has 0 saturated heterocycles. The van der Waals surface area contributed by atoms with Gasteiger partial charge in [0.25, 0.3) is 5.56 Å². The minimum Gasteiger partial charge on any atom is -0.321 e. The fourth-order valence-corrected chi connectivity index (χ4v) is 3.65. The summed E-state index contributed by atoms with van der Waals surface area (Å²) in [4.78, 5) is 21.3. The van der Waals surface area contributed by atoms with Crippen LogP contribution < -0.4 is 5.56 Å². The molecule has 3 aromatic rings. The number of hydrogen-bond acceptors (Lipinski definition) is 4. The topological polar surface area (TPSA) is 69.8 Å². The summed E-state index contributed by atoms with van der Waals surface area (Å²) in [5.74, 6) is 0.539. The quantitative estimate of drug-likeness (QED) is 0.696. The van der Waals surface area contributed by atoms with Gasteiger partial charge in [-0.15, -0.1) is 0 Å². The lowest BCUT2D eigenvalue weighted by Gasteiger charge is -2.11. The van der Waals surface area contributed by atoms with Crippen molar-refractivity contribution in [3.63, 3.8) is 0 Å². The SMILES string of the molecule is CCS(=O)c1cccnc1-c1nc2cc(C(F)(F)F)n(C)c(=O)c2n1C. The molecule has 0 aliphatic heterocycles. The predicted octanol–water partition coefficient (Wildman–Crippen LogP) is 2.48. The van der Waals surface area contributed by atoms with Crippen LogP contribution in [0.1, 0.15) is 12.6 Å². The predicted molar refractivity (Wildman–Crippen MR) is 91.1 cm³/mol. The second kappa shape index (κ2) is 6.35. The molecule has 0 saturated carbocycles. The lowest BCUT2D eigenvalue weighted by atomic mass is 10.3. The van der Waals surface area contributed by atoms with Gasteiger partial charge in [0, 0.05) is 26.0 Å². The molecule has 0 radical (unpaired) electrons. The van der Waals surface area contributed by atoms with Gasteiger partial charge in [0.1, 0.15) is 16.9 Å². The first-order chi connectivity index (χ1) is 12.2. The zero-order valence-electron chi connectivity index (χ0n) is 14.2. The molecule has 0 spiro atoms. The number of nitrogens with zero attached hydrogens (tertiary/aromatic N) is 4. The number of halogens is 3. The fourth-order valence-electron chi connectivity index (χ4n) is 2.75. The van der Waals surface area contributed by atoms with Gasteiger partial charge in [0.2, 0.25) is 0 Å². The van der Waals surface area contributed by atoms with E-state index in [0.717, 1.165) is 13.1 Å². The molecule has 1 atom stereocenters. The summed E-state index contributed by atoms with van der Waals surface area (Å²) in [7, 11) is 1.25. The maximum absolute atomic E-state index is 13.2. The van der Waals surface area contributed by atoms with Crippen molar-refractivity contribution in [2.75, 3.05) is 5.75 Å². The highest BCUT2D eigenvalue weighted by Crippen LogP contribution is 2.31. The van der Waals surface area contributed by atoms with Crippen LogP contribution in [0.2, 0.25) is 0 Å². The number of pyridine rings is 2. The molecule has 0 amide bonds. The van der Waals surface area contributed by atoms with Crippen LogP contribution in [0, 0.1) is 0 Å². The molecule has 3 aromatic heterocycles. The van der Waals surface area contributed by atoms with E-state index in [2.05, 4.69) is 9.97 Å². The molecule has 10 heteroatoms. The highest BCUT2D eigenvalue weighted by molar-refractivity contribution is 7.85. The number of alkyl halides is 3. The van der Waals surface area contributed by atoms with E-state index in [1.165, 1.54) is 17.8 Å². The highest BCUT2D eigenvalue weighted by Gasteiger charge is 2.35. The zero-order valence-corrected chi connectivity index (χ0v) is 15.0. The molecule has 6 nitrogen and oxygen atoms in total. The Balaban J connectivity index is 2.35. The molecule has 26 heavy (non-hydrogen) atoms. The summed E-state index contributed by atoms with van der Waals surface area (Å²) in [5, 5.41) is 0. The number of hydrogen-bond donors (Lipinski definition) is 0. The van der Waals surface area contributed by atoms with Crippen molar-refractivity contribution >= 4 is 21.8 Å². The van der Waals surface area contributed by atoms with Gasteiger partial charge in [-0.3, -0.25) is 14.0 Å². The maximum Gasteiger partial charge on any atom is 0.431 e. The fraction of sp³-hybridized carbons (Fsp3) is 0.312. The molecule has 138 valence electrons. The number of rotatable bonds is 3. The van der Waals surface area contributed by atoms with Crippen LogP contribution in [0.15, 0.2) is 34.1 Å². The Morgan fingerprint density at radius 3 is 2.54 bits per heavy atom. The largest absolute Gasteiger partial charge is 0.431 e. The van der Waals surface area contributed by atoms with Crippen molar-refractivity contribution in [2.24, 2.45) is 14.1 Å². The smallest absolute Gasteiger partial charge is 0.321 e. The van der Waals surface area contributed by atoms with Crippen LogP contribution in [0.5, 0.6) is 0 Å². The normalized spacial score (nSPS) is 13.3. The zero-order chi connectivity index (χ0) is 19.2. The van der Waals surface area contributed by atoms with E-state index in [9.17, 15) is 22.2 Å². The molecule has 1 unspecified atom stereocenters. The molecular formula is C16H15F3N4O2S. The van der Waals surface area contributed by atoms with Gasteiger partial charge in [0.05, 0.1) is 21.2 Å². The number of imidazole rings is 1. The molecule has 0 fully saturated rings. The van der Waals surface area contributed by atoms with E-state index < -0.39 is 28.2 Å². The average Bonchev–Trinajstić information content (AvgIpc) is 2.93. The van der Waals surface area contributed by atoms with Gasteiger partial charge >= 0.3 is 6.18 Å². The van der Waals surface area contributed by atoms with Gasteiger partial charge < -0.3 is 9.13 Å². The van der Waals surface area contributed by atoms with E-state index in [4.69, 9.17) is 0 Å². The van der Waals surface area contributed by atoms with E-state index in [1.807, 2.05) is 0 Å². The summed E-state index contributed by atoms with van der Waals surface area (Å²) in [6.07, 6.45) is -3.20. The first kappa shape index (κ1) is 18.3. The summed E-state index contributed by atoms with van der Waals surface area (Å²) < 4.78 is 53.7. The van der Waals surface area contributed by atoms with E-state index in [0.29, 0.717) is 15.2 Å². The lowest BCUT2D eigenvalue weighted by molar-refractivity contribution is -0.143. The average molecular weight is 384 g/mol. The standard InChI is InChI=1S/C16H15F3N4O2S/c1-4-26(25)10-6-5-7-20-12(10)14-21-9-8-11(16(17,18)19)22(2)15(24)13(9)23(14)3/h5-8H,4H2,1-3H3. The molecule has 3 rings (SSSR count). The summed E-state index contributed by atoms with van der Waals surface area (Å²) in [6.45, 7) is 1.74. The Morgan fingerprint density at radius 1 is 1.23 bits per heavy atom. The number of aryl methyl sites for hydroxylation is 1. The Labute approximate surface area is 148 Å². The van der Waals surface area contributed by atoms with Gasteiger partial charge in [-0.1, -0.05) is 6.92 Å². The molecule has 0 aliphatic rings. The van der Waals surface area contributed by atoms with Gasteiger partial charge in [-0.25, -0.2) is 4.98 Å². The molecular weight excluding hydrogens is 369 g/mol. The Kier molecular flexibility index (Phi) is 4.47. The lowest BCUT2D eigenvalue weighted by Crippen LogP contribution is -2.26. The van der Waals surface area contributed by atoms with Crippen LogP contribution >= 0.6 is 0 Å². The minimum atomic E-state index is -4.68. The Morgan fingerprint density at radius 2 is 1.92 bits per heavy atom. The van der Waals surface area contributed by atoms with Crippen molar-refractivity contribution in [1.82, 2.24) is 19.1 Å². The third-order valence-corrected chi connectivity index (χ3v) is 5.39. The van der Waals surface area contributed by atoms with Crippen molar-refractivity contribution in [2.45, 2.75) is 18.0 Å². The van der Waals surface area contributed by atoms with Gasteiger partial charge in [0.15, 0.2) is 5.82 Å². The van der Waals surface area contributed by atoms with Crippen molar-refractivity contribution in [3.05, 3.63) is 40.4 Å². The maximum atomic E-state index is 13.2. The number of fused-ring (bicyclic) bond motifs is 1. The first-order valence-corrected chi connectivity index (χ1v) is 8.96. The molecule has 0 N–H and O–H groups in total. The monoisotopic (exact) mass is 384 g/mol. The minimum absolute atomic E-state index is 0.0226. The number of aromatic nitrogens is 4. The Hall–Kier alpha value is -2.49.